The van der Waals surface area contributed by atoms with E-state index < -0.39 is 0 Å². The molecule has 4 rings (SSSR count). The summed E-state index contributed by atoms with van der Waals surface area (Å²) in [7, 11) is 0. The molecule has 3 heterocycles. The van der Waals surface area contributed by atoms with E-state index in [-0.39, 0.29) is 23.2 Å². The van der Waals surface area contributed by atoms with Crippen LogP contribution in [-0.4, -0.2) is 33.4 Å². The first-order chi connectivity index (χ1) is 15.0. The van der Waals surface area contributed by atoms with Gasteiger partial charge in [-0.15, -0.1) is 0 Å². The molecule has 7 heteroatoms. The van der Waals surface area contributed by atoms with Gasteiger partial charge in [-0.2, -0.15) is 0 Å². The molecule has 2 aromatic heterocycles. The number of nitrogens with zero attached hydrogens (tertiary/aromatic N) is 3. The number of carbonyl (C=O) groups excluding carboxylic acids is 1. The summed E-state index contributed by atoms with van der Waals surface area (Å²) in [5.41, 5.74) is 3.42. The Bertz CT molecular complexity index is 1130. The van der Waals surface area contributed by atoms with Crippen molar-refractivity contribution in [2.45, 2.75) is 32.2 Å². The van der Waals surface area contributed by atoms with E-state index in [4.69, 9.17) is 0 Å². The molecule has 0 bridgehead atoms. The Morgan fingerprint density at radius 3 is 2.74 bits per heavy atom. The van der Waals surface area contributed by atoms with Gasteiger partial charge in [0.25, 0.3) is 5.56 Å². The smallest absolute Gasteiger partial charge is 0.250 e. The van der Waals surface area contributed by atoms with E-state index in [9.17, 15) is 14.0 Å². The van der Waals surface area contributed by atoms with Gasteiger partial charge in [-0.05, 0) is 55.8 Å². The number of aromatic nitrogens is 2. The van der Waals surface area contributed by atoms with Crippen LogP contribution in [0, 0.1) is 12.7 Å². The fourth-order valence-corrected chi connectivity index (χ4v) is 3.92. The third-order valence-electron chi connectivity index (χ3n) is 5.53. The second-order valence-corrected chi connectivity index (χ2v) is 7.86. The number of nitrogens with one attached hydrogen (secondary N) is 1. The number of pyridine rings is 2. The average molecular weight is 420 g/mol. The molecular formula is C24H25FN4O2. The van der Waals surface area contributed by atoms with Gasteiger partial charge >= 0.3 is 0 Å². The minimum Gasteiger partial charge on any atom is -0.355 e. The topological polar surface area (TPSA) is 67.2 Å². The lowest BCUT2D eigenvalue weighted by Gasteiger charge is -2.17. The summed E-state index contributed by atoms with van der Waals surface area (Å²) in [6, 6.07) is 15.1. The van der Waals surface area contributed by atoms with Crippen molar-refractivity contribution in [2.24, 2.45) is 0 Å². The minimum absolute atomic E-state index is 0.0515. The second-order valence-electron chi connectivity index (χ2n) is 7.86. The van der Waals surface area contributed by atoms with Crippen LogP contribution in [0.2, 0.25) is 0 Å². The number of likely N-dealkylation sites (tertiary alicyclic amines) is 1. The number of rotatable bonds is 6. The largest absolute Gasteiger partial charge is 0.355 e. The molecule has 1 atom stereocenters. The number of halogens is 1. The van der Waals surface area contributed by atoms with E-state index in [2.05, 4.69) is 10.3 Å². The lowest BCUT2D eigenvalue weighted by Crippen LogP contribution is -2.30. The quantitative estimate of drug-likeness (QED) is 0.658. The zero-order valence-corrected chi connectivity index (χ0v) is 17.4. The van der Waals surface area contributed by atoms with E-state index in [1.807, 2.05) is 24.0 Å². The normalized spacial score (nSPS) is 15.8. The lowest BCUT2D eigenvalue weighted by molar-refractivity contribution is -0.130. The SMILES string of the molecule is Cc1cc(Nc2ccc(F)cc2)cc(C2CCN(C(=O)CCn3ccccc3=O)C2)n1. The third kappa shape index (κ3) is 5.17. The van der Waals surface area contributed by atoms with Crippen LogP contribution in [-0.2, 0) is 11.3 Å². The summed E-state index contributed by atoms with van der Waals surface area (Å²) in [6.07, 6.45) is 2.85. The molecule has 1 N–H and O–H groups in total. The van der Waals surface area contributed by atoms with Gasteiger partial charge in [0.1, 0.15) is 5.82 Å². The van der Waals surface area contributed by atoms with Crippen molar-refractivity contribution in [1.82, 2.24) is 14.5 Å². The minimum atomic E-state index is -0.273. The van der Waals surface area contributed by atoms with Crippen LogP contribution in [0.1, 0.15) is 30.1 Å². The molecule has 31 heavy (non-hydrogen) atoms. The molecule has 160 valence electrons. The third-order valence-corrected chi connectivity index (χ3v) is 5.53. The molecule has 1 saturated heterocycles. The maximum atomic E-state index is 13.1. The number of aryl methyl sites for hydroxylation is 2. The Morgan fingerprint density at radius 1 is 1.16 bits per heavy atom. The highest BCUT2D eigenvalue weighted by atomic mass is 19.1. The number of benzene rings is 1. The van der Waals surface area contributed by atoms with Crippen molar-refractivity contribution in [1.29, 1.82) is 0 Å². The van der Waals surface area contributed by atoms with Crippen LogP contribution in [0.5, 0.6) is 0 Å². The molecule has 0 aliphatic carbocycles. The number of hydrogen-bond donors (Lipinski definition) is 1. The van der Waals surface area contributed by atoms with E-state index in [1.54, 1.807) is 35.0 Å². The first-order valence-electron chi connectivity index (χ1n) is 10.4. The summed E-state index contributed by atoms with van der Waals surface area (Å²) < 4.78 is 14.7. The Kier molecular flexibility index (Phi) is 6.11. The van der Waals surface area contributed by atoms with Crippen LogP contribution < -0.4 is 10.9 Å². The van der Waals surface area contributed by atoms with Crippen LogP contribution >= 0.6 is 0 Å². The highest BCUT2D eigenvalue weighted by Crippen LogP contribution is 2.29. The molecule has 1 aliphatic rings. The Balaban J connectivity index is 1.39. The summed E-state index contributed by atoms with van der Waals surface area (Å²) in [5.74, 6) is -0.0577. The predicted molar refractivity (Wildman–Crippen MR) is 118 cm³/mol. The van der Waals surface area contributed by atoms with Crippen molar-refractivity contribution in [3.05, 3.63) is 88.4 Å². The zero-order chi connectivity index (χ0) is 21.8. The van der Waals surface area contributed by atoms with Crippen molar-refractivity contribution in [2.75, 3.05) is 18.4 Å². The summed E-state index contributed by atoms with van der Waals surface area (Å²) in [4.78, 5) is 31.0. The van der Waals surface area contributed by atoms with Gasteiger partial charge in [-0.1, -0.05) is 6.07 Å². The van der Waals surface area contributed by atoms with Gasteiger partial charge in [-0.3, -0.25) is 14.6 Å². The fourth-order valence-electron chi connectivity index (χ4n) is 3.92. The Morgan fingerprint density at radius 2 is 1.97 bits per heavy atom. The molecule has 0 radical (unpaired) electrons. The first-order valence-corrected chi connectivity index (χ1v) is 10.4. The predicted octanol–water partition coefficient (Wildman–Crippen LogP) is 3.84. The first kappa shape index (κ1) is 20.8. The van der Waals surface area contributed by atoms with Gasteiger partial charge in [0.15, 0.2) is 0 Å². The maximum absolute atomic E-state index is 13.1. The van der Waals surface area contributed by atoms with Crippen molar-refractivity contribution in [3.8, 4) is 0 Å². The van der Waals surface area contributed by atoms with Crippen LogP contribution in [0.25, 0.3) is 0 Å². The molecule has 1 aromatic carbocycles. The standard InChI is InChI=1S/C24H25FN4O2/c1-17-14-21(27-20-7-5-19(25)6-8-20)15-22(26-17)18-9-12-29(16-18)24(31)10-13-28-11-3-2-4-23(28)30/h2-8,11,14-15,18H,9-10,12-13,16H2,1H3,(H,26,27). The van der Waals surface area contributed by atoms with Crippen molar-refractivity contribution in [3.63, 3.8) is 0 Å². The number of anilines is 2. The molecular weight excluding hydrogens is 395 g/mol. The fraction of sp³-hybridized carbons (Fsp3) is 0.292. The summed E-state index contributed by atoms with van der Waals surface area (Å²) in [5, 5.41) is 3.29. The molecule has 0 spiro atoms. The molecule has 1 amide bonds. The van der Waals surface area contributed by atoms with Crippen LogP contribution in [0.15, 0.2) is 65.6 Å². The van der Waals surface area contributed by atoms with Crippen LogP contribution in [0.3, 0.4) is 0 Å². The van der Waals surface area contributed by atoms with Gasteiger partial charge in [0, 0.05) is 67.0 Å². The summed E-state index contributed by atoms with van der Waals surface area (Å²) in [6.45, 7) is 3.63. The number of hydrogen-bond acceptors (Lipinski definition) is 4. The Hall–Kier alpha value is -3.48. The molecule has 3 aromatic rings. The molecule has 0 saturated carbocycles. The zero-order valence-electron chi connectivity index (χ0n) is 17.4. The second kappa shape index (κ2) is 9.12. The van der Waals surface area contributed by atoms with E-state index in [0.717, 1.165) is 29.2 Å². The number of carbonyl (C=O) groups is 1. The monoisotopic (exact) mass is 420 g/mol. The average Bonchev–Trinajstić information content (AvgIpc) is 3.25. The van der Waals surface area contributed by atoms with Gasteiger partial charge in [0.05, 0.1) is 0 Å². The number of amides is 1. The molecule has 1 unspecified atom stereocenters. The lowest BCUT2D eigenvalue weighted by atomic mass is 10.0. The summed E-state index contributed by atoms with van der Waals surface area (Å²) >= 11 is 0. The highest BCUT2D eigenvalue weighted by Gasteiger charge is 2.28. The van der Waals surface area contributed by atoms with E-state index in [0.29, 0.717) is 26.1 Å². The molecule has 6 nitrogen and oxygen atoms in total. The maximum Gasteiger partial charge on any atom is 0.250 e. The Labute approximate surface area is 180 Å². The van der Waals surface area contributed by atoms with Crippen molar-refractivity contribution < 1.29 is 9.18 Å². The van der Waals surface area contributed by atoms with Gasteiger partial charge < -0.3 is 14.8 Å². The molecule has 1 aliphatic heterocycles. The van der Waals surface area contributed by atoms with E-state index in [1.165, 1.54) is 18.2 Å². The van der Waals surface area contributed by atoms with Gasteiger partial charge in [0.2, 0.25) is 5.91 Å². The van der Waals surface area contributed by atoms with Gasteiger partial charge in [-0.25, -0.2) is 4.39 Å². The van der Waals surface area contributed by atoms with Crippen molar-refractivity contribution >= 4 is 17.3 Å². The van der Waals surface area contributed by atoms with E-state index >= 15 is 0 Å². The highest BCUT2D eigenvalue weighted by molar-refractivity contribution is 5.76. The molecule has 1 fully saturated rings. The van der Waals surface area contributed by atoms with Crippen LogP contribution in [0.4, 0.5) is 15.8 Å².